The number of aryl methyl sites for hydroxylation is 2. The molecular weight excluding hydrogens is 990 g/mol. The Bertz CT molecular complexity index is 4590. The van der Waals surface area contributed by atoms with Gasteiger partial charge in [0.05, 0.1) is 11.0 Å². The number of para-hydroxylation sites is 4. The fourth-order valence-corrected chi connectivity index (χ4v) is 15.1. The number of rotatable bonds is 6. The maximum Gasteiger partial charge on any atom is 0.333 e. The molecule has 6 heterocycles. The molecule has 0 aliphatic carbocycles. The first-order valence-corrected chi connectivity index (χ1v) is 28.7. The normalized spacial score (nSPS) is 13.1. The van der Waals surface area contributed by atoms with Gasteiger partial charge in [-0.1, -0.05) is 206 Å². The van der Waals surface area contributed by atoms with Gasteiger partial charge in [-0.2, -0.15) is 0 Å². The van der Waals surface area contributed by atoms with Gasteiger partial charge in [0.15, 0.2) is 0 Å². The topological polar surface area (TPSA) is 16.3 Å². The summed E-state index contributed by atoms with van der Waals surface area (Å²) in [5, 5.41) is 2.57. The molecule has 82 heavy (non-hydrogen) atoms. The maximum atomic E-state index is 2.78. The molecule has 12 aromatic carbocycles. The molecule has 18 rings (SSSR count). The van der Waals surface area contributed by atoms with Crippen molar-refractivity contribution >= 4 is 103 Å². The highest BCUT2D eigenvalue weighted by atomic mass is 15.2. The first kappa shape index (κ1) is 45.6. The smallest absolute Gasteiger partial charge is 0.333 e. The van der Waals surface area contributed by atoms with E-state index in [1.165, 1.54) is 155 Å². The van der Waals surface area contributed by atoms with Crippen molar-refractivity contribution in [2.75, 3.05) is 9.80 Å². The highest BCUT2D eigenvalue weighted by Crippen LogP contribution is 2.52. The van der Waals surface area contributed by atoms with Crippen LogP contribution in [0.25, 0.3) is 99.6 Å². The summed E-state index contributed by atoms with van der Waals surface area (Å²) in [5.74, 6) is 0. The zero-order valence-electron chi connectivity index (χ0n) is 45.3. The molecule has 0 bridgehead atoms. The van der Waals surface area contributed by atoms with Gasteiger partial charge in [0.25, 0.3) is 0 Å². The zero-order chi connectivity index (χ0) is 53.9. The Morgan fingerprint density at radius 3 is 0.976 bits per heavy atom. The molecule has 0 unspecified atom stereocenters. The van der Waals surface area contributed by atoms with E-state index in [2.05, 4.69) is 300 Å². The number of hydrogen-bond acceptors (Lipinski definition) is 2. The Morgan fingerprint density at radius 1 is 0.268 bits per heavy atom. The standard InChI is InChI=1S/C76H50B2N4/c1-47-37-39-67-71-69(47)59-29-19-31-61-73(59)81(77(71)63-33-15-17-35-65(63)79(67)57-43-53(49-21-7-3-8-22-49)41-54(44-57)50-23-9-4-10-24-50)76-62-32-20-30-60-70-48(2)38-40-68-72(70)78(82(74(60)62)75(61)76)64-34-16-18-36-66(64)80(68)58-45-55(51-25-11-5-12-26-51)42-56(46-58)52-27-13-6-14-28-52/h3-46H,1-2H3. The summed E-state index contributed by atoms with van der Waals surface area (Å²) >= 11 is 0. The molecule has 0 saturated carbocycles. The first-order valence-electron chi connectivity index (χ1n) is 28.7. The molecule has 4 nitrogen and oxygen atoms in total. The fourth-order valence-electron chi connectivity index (χ4n) is 15.1. The van der Waals surface area contributed by atoms with E-state index in [0.717, 1.165) is 11.4 Å². The molecule has 14 aromatic rings. The molecule has 0 saturated heterocycles. The third kappa shape index (κ3) is 6.24. The summed E-state index contributed by atoms with van der Waals surface area (Å²) in [6, 6.07) is 100. The lowest BCUT2D eigenvalue weighted by Gasteiger charge is -2.41. The quantitative estimate of drug-likeness (QED) is 0.154. The molecule has 4 aliphatic heterocycles. The van der Waals surface area contributed by atoms with Crippen molar-refractivity contribution < 1.29 is 0 Å². The molecule has 0 fully saturated rings. The summed E-state index contributed by atoms with van der Waals surface area (Å²) in [6.45, 7) is 4.43. The zero-order valence-corrected chi connectivity index (χ0v) is 45.3. The number of fused-ring (bicyclic) bond motifs is 13. The van der Waals surface area contributed by atoms with Crippen LogP contribution in [-0.2, 0) is 0 Å². The number of aromatic nitrogens is 2. The Kier molecular flexibility index (Phi) is 9.51. The van der Waals surface area contributed by atoms with Crippen molar-refractivity contribution in [2.45, 2.75) is 13.8 Å². The van der Waals surface area contributed by atoms with E-state index >= 15 is 0 Å². The summed E-state index contributed by atoms with van der Waals surface area (Å²) in [6.07, 6.45) is 0. The van der Waals surface area contributed by atoms with Crippen LogP contribution in [-0.4, -0.2) is 22.7 Å². The Balaban J connectivity index is 0.899. The van der Waals surface area contributed by atoms with Gasteiger partial charge in [-0.3, -0.25) is 0 Å². The number of nitrogens with zero attached hydrogens (tertiary/aromatic N) is 4. The lowest BCUT2D eigenvalue weighted by molar-refractivity contribution is 1.25. The summed E-state index contributed by atoms with van der Waals surface area (Å²) in [7, 11) is 0. The van der Waals surface area contributed by atoms with Crippen molar-refractivity contribution in [3.05, 3.63) is 278 Å². The van der Waals surface area contributed by atoms with E-state index in [-0.39, 0.29) is 13.7 Å². The largest absolute Gasteiger partial charge is 0.374 e. The second kappa shape index (κ2) is 17.1. The first-order chi connectivity index (χ1) is 40.6. The van der Waals surface area contributed by atoms with E-state index in [4.69, 9.17) is 0 Å². The van der Waals surface area contributed by atoms with Gasteiger partial charge in [0, 0.05) is 67.1 Å². The van der Waals surface area contributed by atoms with Crippen molar-refractivity contribution in [1.82, 2.24) is 8.96 Å². The van der Waals surface area contributed by atoms with Gasteiger partial charge in [-0.25, -0.2) is 0 Å². The maximum absolute atomic E-state index is 2.78. The molecule has 0 radical (unpaired) electrons. The number of anilines is 6. The second-order valence-corrected chi connectivity index (χ2v) is 22.8. The Labute approximate surface area is 477 Å². The predicted molar refractivity (Wildman–Crippen MR) is 347 cm³/mol. The van der Waals surface area contributed by atoms with Crippen LogP contribution < -0.4 is 31.7 Å². The van der Waals surface area contributed by atoms with Crippen LogP contribution in [0.5, 0.6) is 0 Å². The third-order valence-electron chi connectivity index (χ3n) is 18.4. The molecule has 6 heteroatoms. The molecule has 4 aliphatic rings. The van der Waals surface area contributed by atoms with E-state index in [0.29, 0.717) is 0 Å². The van der Waals surface area contributed by atoms with Crippen LogP contribution in [0, 0.1) is 13.8 Å². The highest BCUT2D eigenvalue weighted by Gasteiger charge is 2.48. The molecule has 0 amide bonds. The van der Waals surface area contributed by atoms with E-state index in [1.807, 2.05) is 0 Å². The average molecular weight is 1040 g/mol. The minimum absolute atomic E-state index is 0.105. The predicted octanol–water partition coefficient (Wildman–Crippen LogP) is 16.9. The van der Waals surface area contributed by atoms with Crippen LogP contribution in [0.4, 0.5) is 34.1 Å². The van der Waals surface area contributed by atoms with Gasteiger partial charge < -0.3 is 18.8 Å². The molecule has 0 atom stereocenters. The molecule has 380 valence electrons. The Morgan fingerprint density at radius 2 is 0.610 bits per heavy atom. The van der Waals surface area contributed by atoms with Crippen LogP contribution in [0.3, 0.4) is 0 Å². The SMILES string of the molecule is Cc1ccc2c3c1-c1cccc4c1n(c1c5cccc6c5n(c41)B1c4ccccc4N(c4cc(-c5ccccc5)cc(-c5ccccc5)c4)c4ccc(C)c-6c41)B3c1ccccc1N2c1cc(-c2ccccc2)cc(-c2ccccc2)c1. The lowest BCUT2D eigenvalue weighted by Crippen LogP contribution is -2.57. The number of benzene rings is 12. The molecule has 2 aromatic heterocycles. The minimum Gasteiger partial charge on any atom is -0.374 e. The van der Waals surface area contributed by atoms with E-state index < -0.39 is 0 Å². The van der Waals surface area contributed by atoms with Gasteiger partial charge in [-0.15, -0.1) is 0 Å². The van der Waals surface area contributed by atoms with Gasteiger partial charge >= 0.3 is 13.7 Å². The molecule has 0 N–H and O–H groups in total. The van der Waals surface area contributed by atoms with Gasteiger partial charge in [0.1, 0.15) is 0 Å². The lowest BCUT2D eigenvalue weighted by atomic mass is 9.44. The average Bonchev–Trinajstić information content (AvgIpc) is 1.58. The van der Waals surface area contributed by atoms with Gasteiger partial charge in [-0.05, 0) is 163 Å². The van der Waals surface area contributed by atoms with Crippen molar-refractivity contribution in [2.24, 2.45) is 0 Å². The summed E-state index contributed by atoms with van der Waals surface area (Å²) in [4.78, 5) is 5.13. The molecular formula is C76H50B2N4. The van der Waals surface area contributed by atoms with Gasteiger partial charge in [0.2, 0.25) is 0 Å². The fraction of sp³-hybridized carbons (Fsp3) is 0.0263. The highest BCUT2D eigenvalue weighted by molar-refractivity contribution is 6.92. The van der Waals surface area contributed by atoms with E-state index in [9.17, 15) is 0 Å². The van der Waals surface area contributed by atoms with Crippen molar-refractivity contribution in [1.29, 1.82) is 0 Å². The van der Waals surface area contributed by atoms with Crippen LogP contribution in [0.15, 0.2) is 267 Å². The minimum atomic E-state index is -0.105. The van der Waals surface area contributed by atoms with Crippen LogP contribution >= 0.6 is 0 Å². The summed E-state index contributed by atoms with van der Waals surface area (Å²) in [5.41, 5.74) is 34.9. The van der Waals surface area contributed by atoms with Crippen molar-refractivity contribution in [3.63, 3.8) is 0 Å². The van der Waals surface area contributed by atoms with Crippen LogP contribution in [0.2, 0.25) is 0 Å². The van der Waals surface area contributed by atoms with E-state index in [1.54, 1.807) is 0 Å². The van der Waals surface area contributed by atoms with Crippen molar-refractivity contribution in [3.8, 4) is 66.8 Å². The third-order valence-corrected chi connectivity index (χ3v) is 18.4. The van der Waals surface area contributed by atoms with Crippen LogP contribution in [0.1, 0.15) is 11.1 Å². The summed E-state index contributed by atoms with van der Waals surface area (Å²) < 4.78 is 5.57. The Hall–Kier alpha value is -10.3. The molecule has 0 spiro atoms. The number of hydrogen-bond donors (Lipinski definition) is 0. The monoisotopic (exact) mass is 1040 g/mol. The second-order valence-electron chi connectivity index (χ2n) is 22.8.